The summed E-state index contributed by atoms with van der Waals surface area (Å²) in [4.78, 5) is 12.8. The molecule has 0 aliphatic carbocycles. The summed E-state index contributed by atoms with van der Waals surface area (Å²) in [7, 11) is 0. The van der Waals surface area contributed by atoms with E-state index in [0.717, 1.165) is 22.6 Å². The van der Waals surface area contributed by atoms with Crippen molar-refractivity contribution >= 4 is 11.7 Å². The van der Waals surface area contributed by atoms with E-state index in [1.165, 1.54) is 0 Å². The molecule has 0 saturated heterocycles. The maximum atomic E-state index is 12.8. The van der Waals surface area contributed by atoms with Crippen LogP contribution in [0.15, 0.2) is 60.8 Å². The van der Waals surface area contributed by atoms with Crippen molar-refractivity contribution in [3.8, 4) is 11.4 Å². The first-order valence-corrected chi connectivity index (χ1v) is 7.86. The van der Waals surface area contributed by atoms with Crippen LogP contribution in [0.4, 0.5) is 5.82 Å². The molecular formula is C19H17N3O2. The molecule has 0 unspecified atom stereocenters. The minimum atomic E-state index is -0.306. The van der Waals surface area contributed by atoms with E-state index in [9.17, 15) is 4.79 Å². The van der Waals surface area contributed by atoms with Crippen LogP contribution in [-0.2, 0) is 4.79 Å². The number of carbonyl (C=O) groups is 1. The van der Waals surface area contributed by atoms with Gasteiger partial charge in [0.1, 0.15) is 24.1 Å². The molecule has 0 fully saturated rings. The van der Waals surface area contributed by atoms with Gasteiger partial charge in [0.25, 0.3) is 0 Å². The lowest BCUT2D eigenvalue weighted by atomic mass is 10.0. The van der Waals surface area contributed by atoms with Crippen molar-refractivity contribution in [3.05, 3.63) is 71.9 Å². The van der Waals surface area contributed by atoms with Crippen molar-refractivity contribution < 1.29 is 9.53 Å². The molecule has 1 aromatic heterocycles. The van der Waals surface area contributed by atoms with Gasteiger partial charge < -0.3 is 10.1 Å². The van der Waals surface area contributed by atoms with Crippen LogP contribution in [0.2, 0.25) is 0 Å². The minimum Gasteiger partial charge on any atom is -0.492 e. The average molecular weight is 319 g/mol. The van der Waals surface area contributed by atoms with Gasteiger partial charge in [-0.3, -0.25) is 4.79 Å². The van der Waals surface area contributed by atoms with E-state index in [2.05, 4.69) is 10.4 Å². The molecular weight excluding hydrogens is 302 g/mol. The zero-order valence-corrected chi connectivity index (χ0v) is 13.3. The predicted molar refractivity (Wildman–Crippen MR) is 91.6 cm³/mol. The van der Waals surface area contributed by atoms with Gasteiger partial charge in [0.05, 0.1) is 11.9 Å². The van der Waals surface area contributed by atoms with Crippen molar-refractivity contribution in [2.24, 2.45) is 0 Å². The summed E-state index contributed by atoms with van der Waals surface area (Å²) in [6, 6.07) is 17.4. The largest absolute Gasteiger partial charge is 0.492 e. The van der Waals surface area contributed by atoms with Gasteiger partial charge in [-0.25, -0.2) is 4.68 Å². The number of nitrogens with zero attached hydrogens (tertiary/aromatic N) is 2. The molecule has 0 spiro atoms. The molecule has 4 rings (SSSR count). The Bertz CT molecular complexity index is 887. The number of hydrogen-bond acceptors (Lipinski definition) is 3. The van der Waals surface area contributed by atoms with E-state index in [1.807, 2.05) is 61.5 Å². The number of carbonyl (C=O) groups excluding carboxylic acids is 1. The third-order valence-corrected chi connectivity index (χ3v) is 4.21. The van der Waals surface area contributed by atoms with Gasteiger partial charge in [-0.05, 0) is 25.1 Å². The van der Waals surface area contributed by atoms with Crippen molar-refractivity contribution in [2.45, 2.75) is 12.8 Å². The maximum absolute atomic E-state index is 12.8. The van der Waals surface area contributed by atoms with E-state index in [0.29, 0.717) is 12.4 Å². The molecule has 1 aliphatic rings. The molecule has 1 atom stereocenters. The molecule has 2 aromatic carbocycles. The third kappa shape index (κ3) is 2.44. The molecule has 5 heteroatoms. The molecule has 2 heterocycles. The molecule has 120 valence electrons. The lowest BCUT2D eigenvalue weighted by molar-refractivity contribution is -0.117. The van der Waals surface area contributed by atoms with Crippen LogP contribution in [0, 0.1) is 6.92 Å². The van der Waals surface area contributed by atoms with Gasteiger partial charge in [0.15, 0.2) is 0 Å². The van der Waals surface area contributed by atoms with Crippen molar-refractivity contribution in [3.63, 3.8) is 0 Å². The number of aromatic nitrogens is 2. The van der Waals surface area contributed by atoms with Gasteiger partial charge in [0, 0.05) is 11.1 Å². The number of nitrogens with one attached hydrogen (secondary N) is 1. The molecule has 1 N–H and O–H groups in total. The SMILES string of the molecule is Cc1cnn(-c2ccccc2)c1NC(=O)[C@H]1COc2ccccc21. The first kappa shape index (κ1) is 14.5. The summed E-state index contributed by atoms with van der Waals surface area (Å²) in [6.07, 6.45) is 1.75. The highest BCUT2D eigenvalue weighted by atomic mass is 16.5. The van der Waals surface area contributed by atoms with Crippen LogP contribution in [0.1, 0.15) is 17.0 Å². The Balaban J connectivity index is 1.63. The van der Waals surface area contributed by atoms with Gasteiger partial charge >= 0.3 is 0 Å². The van der Waals surface area contributed by atoms with Crippen LogP contribution in [0.25, 0.3) is 5.69 Å². The fraction of sp³-hybridized carbons (Fsp3) is 0.158. The Hall–Kier alpha value is -3.08. The van der Waals surface area contributed by atoms with E-state index in [-0.39, 0.29) is 11.8 Å². The Morgan fingerprint density at radius 3 is 2.75 bits per heavy atom. The second-order valence-corrected chi connectivity index (χ2v) is 5.81. The van der Waals surface area contributed by atoms with Crippen molar-refractivity contribution in [2.75, 3.05) is 11.9 Å². The van der Waals surface area contributed by atoms with Crippen LogP contribution in [-0.4, -0.2) is 22.3 Å². The summed E-state index contributed by atoms with van der Waals surface area (Å²) < 4.78 is 7.36. The molecule has 3 aromatic rings. The van der Waals surface area contributed by atoms with Gasteiger partial charge in [-0.15, -0.1) is 0 Å². The Morgan fingerprint density at radius 2 is 1.92 bits per heavy atom. The first-order chi connectivity index (χ1) is 11.7. The van der Waals surface area contributed by atoms with E-state index >= 15 is 0 Å². The fourth-order valence-electron chi connectivity index (χ4n) is 2.93. The lowest BCUT2D eigenvalue weighted by Gasteiger charge is -2.13. The second kappa shape index (κ2) is 5.85. The van der Waals surface area contributed by atoms with Crippen molar-refractivity contribution in [1.29, 1.82) is 0 Å². The number of ether oxygens (including phenoxy) is 1. The number of aryl methyl sites for hydroxylation is 1. The Morgan fingerprint density at radius 1 is 1.17 bits per heavy atom. The zero-order chi connectivity index (χ0) is 16.5. The minimum absolute atomic E-state index is 0.0827. The number of amides is 1. The quantitative estimate of drug-likeness (QED) is 0.806. The molecule has 5 nitrogen and oxygen atoms in total. The highest BCUT2D eigenvalue weighted by Gasteiger charge is 2.30. The number of rotatable bonds is 3. The normalized spacial score (nSPS) is 15.6. The molecule has 24 heavy (non-hydrogen) atoms. The average Bonchev–Trinajstić information content (AvgIpc) is 3.20. The highest BCUT2D eigenvalue weighted by Crippen LogP contribution is 2.34. The Labute approximate surface area is 139 Å². The maximum Gasteiger partial charge on any atom is 0.236 e. The van der Waals surface area contributed by atoms with Crippen LogP contribution < -0.4 is 10.1 Å². The number of anilines is 1. The van der Waals surface area contributed by atoms with E-state index in [1.54, 1.807) is 10.9 Å². The molecule has 0 saturated carbocycles. The summed E-state index contributed by atoms with van der Waals surface area (Å²) in [6.45, 7) is 2.30. The van der Waals surface area contributed by atoms with Crippen LogP contribution in [0.3, 0.4) is 0 Å². The fourth-order valence-corrected chi connectivity index (χ4v) is 2.93. The van der Waals surface area contributed by atoms with Crippen LogP contribution >= 0.6 is 0 Å². The molecule has 1 amide bonds. The molecule has 0 bridgehead atoms. The third-order valence-electron chi connectivity index (χ3n) is 4.21. The zero-order valence-electron chi connectivity index (χ0n) is 13.3. The van der Waals surface area contributed by atoms with Gasteiger partial charge in [0.2, 0.25) is 5.91 Å². The smallest absolute Gasteiger partial charge is 0.236 e. The van der Waals surface area contributed by atoms with Gasteiger partial charge in [-0.2, -0.15) is 5.10 Å². The van der Waals surface area contributed by atoms with Crippen molar-refractivity contribution in [1.82, 2.24) is 9.78 Å². The second-order valence-electron chi connectivity index (χ2n) is 5.81. The summed E-state index contributed by atoms with van der Waals surface area (Å²) in [5, 5.41) is 7.40. The summed E-state index contributed by atoms with van der Waals surface area (Å²) >= 11 is 0. The number of benzene rings is 2. The summed E-state index contributed by atoms with van der Waals surface area (Å²) in [5.41, 5.74) is 2.75. The molecule has 1 aliphatic heterocycles. The van der Waals surface area contributed by atoms with Gasteiger partial charge in [-0.1, -0.05) is 36.4 Å². The van der Waals surface area contributed by atoms with E-state index < -0.39 is 0 Å². The number of para-hydroxylation sites is 2. The number of hydrogen-bond donors (Lipinski definition) is 1. The lowest BCUT2D eigenvalue weighted by Crippen LogP contribution is -2.24. The number of fused-ring (bicyclic) bond motifs is 1. The standard InChI is InChI=1S/C19H17N3O2/c1-13-11-20-22(14-7-3-2-4-8-14)18(13)21-19(23)16-12-24-17-10-6-5-9-15(16)17/h2-11,16H,12H2,1H3,(H,21,23)/t16-/m0/s1. The predicted octanol–water partition coefficient (Wildman–Crippen LogP) is 3.30. The first-order valence-electron chi connectivity index (χ1n) is 7.86. The highest BCUT2D eigenvalue weighted by molar-refractivity contribution is 5.97. The topological polar surface area (TPSA) is 56.2 Å². The van der Waals surface area contributed by atoms with E-state index in [4.69, 9.17) is 4.74 Å². The summed E-state index contributed by atoms with van der Waals surface area (Å²) in [5.74, 6) is 1.09. The monoisotopic (exact) mass is 319 g/mol. The molecule has 0 radical (unpaired) electrons. The van der Waals surface area contributed by atoms with Crippen LogP contribution in [0.5, 0.6) is 5.75 Å². The Kier molecular flexibility index (Phi) is 3.54.